The lowest BCUT2D eigenvalue weighted by atomic mass is 10.0. The van der Waals surface area contributed by atoms with Crippen molar-refractivity contribution in [2.24, 2.45) is 0 Å². The molecule has 0 aliphatic carbocycles. The Bertz CT molecular complexity index is 1090. The van der Waals surface area contributed by atoms with Crippen LogP contribution in [0.1, 0.15) is 30.1 Å². The maximum Gasteiger partial charge on any atom is 0.319 e. The number of aromatic nitrogens is 1. The van der Waals surface area contributed by atoms with Crippen LogP contribution in [0.5, 0.6) is 11.5 Å². The van der Waals surface area contributed by atoms with Crippen LogP contribution in [-0.4, -0.2) is 42.7 Å². The second-order valence-corrected chi connectivity index (χ2v) is 8.50. The lowest BCUT2D eigenvalue weighted by Gasteiger charge is -2.29. The molecule has 4 rings (SSSR count). The fourth-order valence-electron chi connectivity index (χ4n) is 4.13. The van der Waals surface area contributed by atoms with Gasteiger partial charge in [0, 0.05) is 24.0 Å². The first kappa shape index (κ1) is 23.9. The molecule has 1 aromatic heterocycles. The first-order valence-corrected chi connectivity index (χ1v) is 11.8. The van der Waals surface area contributed by atoms with E-state index in [2.05, 4.69) is 26.6 Å². The van der Waals surface area contributed by atoms with Gasteiger partial charge in [-0.1, -0.05) is 35.9 Å². The Morgan fingerprint density at radius 2 is 1.88 bits per heavy atom. The van der Waals surface area contributed by atoms with Gasteiger partial charge in [-0.25, -0.2) is 4.79 Å². The minimum Gasteiger partial charge on any atom is -0.496 e. The van der Waals surface area contributed by atoms with Crippen molar-refractivity contribution in [3.05, 3.63) is 83.1 Å². The number of methoxy groups -OCH3 is 1. The number of urea groups is 1. The van der Waals surface area contributed by atoms with Gasteiger partial charge in [-0.3, -0.25) is 9.88 Å². The van der Waals surface area contributed by atoms with Gasteiger partial charge in [0.25, 0.3) is 0 Å². The molecular formula is C26H29ClN4O3. The van der Waals surface area contributed by atoms with Gasteiger partial charge >= 0.3 is 6.03 Å². The Balaban J connectivity index is 1.36. The first-order valence-electron chi connectivity index (χ1n) is 11.4. The fourth-order valence-corrected chi connectivity index (χ4v) is 4.36. The van der Waals surface area contributed by atoms with Gasteiger partial charge < -0.3 is 20.1 Å². The number of nitrogens with one attached hydrogen (secondary N) is 2. The Morgan fingerprint density at radius 3 is 2.62 bits per heavy atom. The summed E-state index contributed by atoms with van der Waals surface area (Å²) in [5, 5.41) is 6.28. The molecular weight excluding hydrogens is 452 g/mol. The predicted octanol–water partition coefficient (Wildman–Crippen LogP) is 5.28. The molecule has 0 saturated carbocycles. The number of hydrogen-bond acceptors (Lipinski definition) is 5. The molecule has 2 N–H and O–H groups in total. The number of benzene rings is 2. The first-order chi connectivity index (χ1) is 16.6. The zero-order valence-electron chi connectivity index (χ0n) is 19.2. The third-order valence-corrected chi connectivity index (χ3v) is 6.12. The van der Waals surface area contributed by atoms with E-state index in [0.29, 0.717) is 29.6 Å². The van der Waals surface area contributed by atoms with Gasteiger partial charge in [0.15, 0.2) is 0 Å². The number of likely N-dealkylation sites (tertiary alicyclic amines) is 1. The maximum absolute atomic E-state index is 12.7. The van der Waals surface area contributed by atoms with E-state index in [-0.39, 0.29) is 12.1 Å². The highest BCUT2D eigenvalue weighted by Crippen LogP contribution is 2.31. The Labute approximate surface area is 205 Å². The van der Waals surface area contributed by atoms with Crippen LogP contribution in [-0.2, 0) is 6.61 Å². The number of hydrogen-bond donors (Lipinski definition) is 2. The largest absolute Gasteiger partial charge is 0.496 e. The average molecular weight is 481 g/mol. The van der Waals surface area contributed by atoms with Crippen LogP contribution in [0.2, 0.25) is 5.02 Å². The van der Waals surface area contributed by atoms with E-state index >= 15 is 0 Å². The molecule has 7 nitrogen and oxygen atoms in total. The molecule has 34 heavy (non-hydrogen) atoms. The highest BCUT2D eigenvalue weighted by atomic mass is 35.5. The maximum atomic E-state index is 12.7. The second-order valence-electron chi connectivity index (χ2n) is 8.09. The molecule has 2 aromatic carbocycles. The number of nitrogens with zero attached hydrogens (tertiary/aromatic N) is 2. The van der Waals surface area contributed by atoms with E-state index in [1.807, 2.05) is 36.4 Å². The van der Waals surface area contributed by atoms with Crippen molar-refractivity contribution in [2.45, 2.75) is 25.5 Å². The monoisotopic (exact) mass is 480 g/mol. The topological polar surface area (TPSA) is 75.7 Å². The van der Waals surface area contributed by atoms with Crippen molar-refractivity contribution < 1.29 is 14.3 Å². The number of carbonyl (C=O) groups excluding carboxylic acids is 1. The number of para-hydroxylation sites is 1. The van der Waals surface area contributed by atoms with E-state index in [1.165, 1.54) is 0 Å². The van der Waals surface area contributed by atoms with Crippen LogP contribution < -0.4 is 20.1 Å². The minimum absolute atomic E-state index is 0.0374. The molecule has 1 atom stereocenters. The van der Waals surface area contributed by atoms with Crippen LogP contribution in [0.15, 0.2) is 66.9 Å². The van der Waals surface area contributed by atoms with E-state index in [1.54, 1.807) is 31.5 Å². The summed E-state index contributed by atoms with van der Waals surface area (Å²) in [5.74, 6) is 1.36. The molecule has 1 saturated heterocycles. The molecule has 2 amide bonds. The van der Waals surface area contributed by atoms with Crippen molar-refractivity contribution in [3.8, 4) is 11.5 Å². The third-order valence-electron chi connectivity index (χ3n) is 5.83. The van der Waals surface area contributed by atoms with Crippen molar-refractivity contribution in [3.63, 3.8) is 0 Å². The number of amides is 2. The normalized spacial score (nSPS) is 14.4. The molecule has 3 aromatic rings. The van der Waals surface area contributed by atoms with Gasteiger partial charge in [-0.15, -0.1) is 0 Å². The fraction of sp³-hybridized carbons (Fsp3) is 0.308. The van der Waals surface area contributed by atoms with E-state index < -0.39 is 0 Å². The van der Waals surface area contributed by atoms with E-state index in [0.717, 1.165) is 42.9 Å². The van der Waals surface area contributed by atoms with Gasteiger partial charge in [-0.05, 0) is 62.3 Å². The summed E-state index contributed by atoms with van der Waals surface area (Å²) in [6.07, 6.45) is 4.03. The zero-order chi connectivity index (χ0) is 23.8. The van der Waals surface area contributed by atoms with Crippen LogP contribution in [0, 0.1) is 0 Å². The zero-order valence-corrected chi connectivity index (χ0v) is 19.9. The minimum atomic E-state index is -0.294. The van der Waals surface area contributed by atoms with Gasteiger partial charge in [0.2, 0.25) is 0 Å². The predicted molar refractivity (Wildman–Crippen MR) is 134 cm³/mol. The smallest absolute Gasteiger partial charge is 0.319 e. The van der Waals surface area contributed by atoms with Crippen LogP contribution in [0.3, 0.4) is 0 Å². The van der Waals surface area contributed by atoms with Crippen LogP contribution in [0.4, 0.5) is 10.5 Å². The SMILES string of the molecule is COc1ccccc1C(CNC(=O)Nc1ccc(OCc2ccccn2)c(Cl)c1)N1CCCC1. The Hall–Kier alpha value is -3.29. The number of anilines is 1. The van der Waals surface area contributed by atoms with Gasteiger partial charge in [0.1, 0.15) is 18.1 Å². The van der Waals surface area contributed by atoms with E-state index in [4.69, 9.17) is 21.1 Å². The summed E-state index contributed by atoms with van der Waals surface area (Å²) >= 11 is 6.37. The number of pyridine rings is 1. The highest BCUT2D eigenvalue weighted by Gasteiger charge is 2.26. The van der Waals surface area contributed by atoms with Gasteiger partial charge in [0.05, 0.1) is 23.9 Å². The highest BCUT2D eigenvalue weighted by molar-refractivity contribution is 6.32. The lowest BCUT2D eigenvalue weighted by molar-refractivity contribution is 0.224. The van der Waals surface area contributed by atoms with Crippen molar-refractivity contribution >= 4 is 23.3 Å². The third kappa shape index (κ3) is 6.18. The van der Waals surface area contributed by atoms with Crippen LogP contribution in [0.25, 0.3) is 0 Å². The Kier molecular flexibility index (Phi) is 8.22. The summed E-state index contributed by atoms with van der Waals surface area (Å²) in [6.45, 7) is 2.78. The lowest BCUT2D eigenvalue weighted by Crippen LogP contribution is -2.38. The summed E-state index contributed by atoms with van der Waals surface area (Å²) in [4.78, 5) is 19.3. The standard InChI is InChI=1S/C26H29ClN4O3/c1-33-24-10-3-2-9-21(24)23(31-14-6-7-15-31)17-29-26(32)30-19-11-12-25(22(27)16-19)34-18-20-8-4-5-13-28-20/h2-5,8-13,16,23H,6-7,14-15,17-18H2,1H3,(H2,29,30,32). The van der Waals surface area contributed by atoms with Crippen molar-refractivity contribution in [2.75, 3.05) is 32.1 Å². The number of rotatable bonds is 9. The van der Waals surface area contributed by atoms with Crippen LogP contribution >= 0.6 is 11.6 Å². The van der Waals surface area contributed by atoms with E-state index in [9.17, 15) is 4.79 Å². The Morgan fingerprint density at radius 1 is 1.09 bits per heavy atom. The molecule has 1 unspecified atom stereocenters. The summed E-state index contributed by atoms with van der Waals surface area (Å²) < 4.78 is 11.3. The molecule has 1 aliphatic rings. The summed E-state index contributed by atoms with van der Waals surface area (Å²) in [7, 11) is 1.67. The number of carbonyl (C=O) groups is 1. The number of halogens is 1. The molecule has 0 radical (unpaired) electrons. The quantitative estimate of drug-likeness (QED) is 0.435. The molecule has 0 bridgehead atoms. The molecule has 0 spiro atoms. The number of ether oxygens (including phenoxy) is 2. The second kappa shape index (κ2) is 11.7. The molecule has 2 heterocycles. The molecule has 8 heteroatoms. The van der Waals surface area contributed by atoms with Crippen molar-refractivity contribution in [1.29, 1.82) is 0 Å². The van der Waals surface area contributed by atoms with Crippen molar-refractivity contribution in [1.82, 2.24) is 15.2 Å². The molecule has 1 fully saturated rings. The van der Waals surface area contributed by atoms with Gasteiger partial charge in [-0.2, -0.15) is 0 Å². The summed E-state index contributed by atoms with van der Waals surface area (Å²) in [6, 6.07) is 18.5. The molecule has 178 valence electrons. The average Bonchev–Trinajstić information content (AvgIpc) is 3.39. The molecule has 1 aliphatic heterocycles. The summed E-state index contributed by atoms with van der Waals surface area (Å²) in [5.41, 5.74) is 2.47.